The van der Waals surface area contributed by atoms with Gasteiger partial charge in [0.05, 0.1) is 16.4 Å². The van der Waals surface area contributed by atoms with E-state index < -0.39 is 0 Å². The second-order valence-corrected chi connectivity index (χ2v) is 4.24. The summed E-state index contributed by atoms with van der Waals surface area (Å²) in [7, 11) is 1.86. The fraction of sp³-hybridized carbons (Fsp3) is 0.182. The van der Waals surface area contributed by atoms with Gasteiger partial charge in [0, 0.05) is 7.05 Å². The fourth-order valence-electron chi connectivity index (χ4n) is 1.31. The van der Waals surface area contributed by atoms with Crippen molar-refractivity contribution in [2.75, 3.05) is 5.73 Å². The van der Waals surface area contributed by atoms with Crippen molar-refractivity contribution < 1.29 is 4.74 Å². The minimum atomic E-state index is 0.448. The van der Waals surface area contributed by atoms with E-state index in [0.717, 1.165) is 15.9 Å². The van der Waals surface area contributed by atoms with Gasteiger partial charge < -0.3 is 15.0 Å². The molecular formula is C11H12BrN3O. The number of hydrogen-bond donors (Lipinski definition) is 1. The van der Waals surface area contributed by atoms with Crippen LogP contribution < -0.4 is 10.5 Å². The lowest BCUT2D eigenvalue weighted by Gasteiger charge is -2.08. The van der Waals surface area contributed by atoms with Gasteiger partial charge in [0.1, 0.15) is 12.4 Å². The molecule has 2 rings (SSSR count). The van der Waals surface area contributed by atoms with Crippen molar-refractivity contribution in [1.29, 1.82) is 0 Å². The maximum Gasteiger partial charge on any atom is 0.200 e. The third-order valence-corrected chi connectivity index (χ3v) is 2.99. The van der Waals surface area contributed by atoms with E-state index in [0.29, 0.717) is 12.6 Å². The van der Waals surface area contributed by atoms with Crippen molar-refractivity contribution >= 4 is 21.9 Å². The molecule has 0 aliphatic heterocycles. The Morgan fingerprint density at radius 3 is 2.81 bits per heavy atom. The summed E-state index contributed by atoms with van der Waals surface area (Å²) in [4.78, 5) is 4.00. The topological polar surface area (TPSA) is 53.1 Å². The summed E-state index contributed by atoms with van der Waals surface area (Å²) in [5.74, 6) is 1.30. The van der Waals surface area contributed by atoms with E-state index in [2.05, 4.69) is 20.9 Å². The van der Waals surface area contributed by atoms with Crippen molar-refractivity contribution in [3.05, 3.63) is 40.6 Å². The van der Waals surface area contributed by atoms with Crippen LogP contribution in [0.1, 0.15) is 5.69 Å². The van der Waals surface area contributed by atoms with Crippen LogP contribution in [-0.4, -0.2) is 9.55 Å². The summed E-state index contributed by atoms with van der Waals surface area (Å²) in [5, 5.41) is 0. The van der Waals surface area contributed by atoms with E-state index in [-0.39, 0.29) is 0 Å². The Kier molecular flexibility index (Phi) is 3.14. The molecule has 16 heavy (non-hydrogen) atoms. The average molecular weight is 282 g/mol. The zero-order valence-corrected chi connectivity index (χ0v) is 10.4. The van der Waals surface area contributed by atoms with Crippen molar-refractivity contribution in [2.24, 2.45) is 7.05 Å². The molecule has 1 heterocycles. The van der Waals surface area contributed by atoms with E-state index in [4.69, 9.17) is 10.5 Å². The van der Waals surface area contributed by atoms with Gasteiger partial charge in [-0.1, -0.05) is 12.1 Å². The van der Waals surface area contributed by atoms with Gasteiger partial charge in [-0.25, -0.2) is 4.98 Å². The van der Waals surface area contributed by atoms with E-state index in [1.807, 2.05) is 31.3 Å². The highest BCUT2D eigenvalue weighted by Crippen LogP contribution is 2.24. The molecule has 0 spiro atoms. The molecule has 0 saturated carbocycles. The van der Waals surface area contributed by atoms with Crippen LogP contribution in [0.25, 0.3) is 0 Å². The molecule has 0 unspecified atom stereocenters. The summed E-state index contributed by atoms with van der Waals surface area (Å²) >= 11 is 3.42. The first-order chi connectivity index (χ1) is 7.68. The van der Waals surface area contributed by atoms with Crippen LogP contribution in [0.5, 0.6) is 5.75 Å². The Bertz CT molecular complexity index is 496. The molecular weight excluding hydrogens is 270 g/mol. The third kappa shape index (κ3) is 2.19. The van der Waals surface area contributed by atoms with Crippen LogP contribution in [0.4, 0.5) is 5.95 Å². The zero-order valence-electron chi connectivity index (χ0n) is 8.85. The minimum Gasteiger partial charge on any atom is -0.486 e. The molecule has 2 aromatic rings. The van der Waals surface area contributed by atoms with Crippen molar-refractivity contribution in [2.45, 2.75) is 6.61 Å². The predicted octanol–water partition coefficient (Wildman–Crippen LogP) is 2.34. The minimum absolute atomic E-state index is 0.448. The van der Waals surface area contributed by atoms with Gasteiger partial charge in [-0.15, -0.1) is 0 Å². The van der Waals surface area contributed by atoms with Gasteiger partial charge in [-0.2, -0.15) is 0 Å². The van der Waals surface area contributed by atoms with Gasteiger partial charge in [0.15, 0.2) is 5.95 Å². The highest BCUT2D eigenvalue weighted by molar-refractivity contribution is 9.10. The van der Waals surface area contributed by atoms with Crippen LogP contribution in [0.15, 0.2) is 34.9 Å². The maximum absolute atomic E-state index is 5.65. The summed E-state index contributed by atoms with van der Waals surface area (Å²) < 4.78 is 8.39. The van der Waals surface area contributed by atoms with Gasteiger partial charge in [0.2, 0.25) is 0 Å². The Labute approximate surface area is 102 Å². The second-order valence-electron chi connectivity index (χ2n) is 3.39. The van der Waals surface area contributed by atoms with E-state index in [9.17, 15) is 0 Å². The highest BCUT2D eigenvalue weighted by Gasteiger charge is 2.05. The van der Waals surface area contributed by atoms with Crippen molar-refractivity contribution in [3.63, 3.8) is 0 Å². The lowest BCUT2D eigenvalue weighted by molar-refractivity contribution is 0.295. The molecule has 0 bridgehead atoms. The number of aromatic nitrogens is 2. The number of anilines is 1. The Morgan fingerprint density at radius 2 is 2.19 bits per heavy atom. The number of benzene rings is 1. The van der Waals surface area contributed by atoms with Gasteiger partial charge >= 0.3 is 0 Å². The Balaban J connectivity index is 2.08. The number of para-hydroxylation sites is 1. The maximum atomic E-state index is 5.65. The molecule has 0 saturated heterocycles. The average Bonchev–Trinajstić information content (AvgIpc) is 2.59. The highest BCUT2D eigenvalue weighted by atomic mass is 79.9. The number of nitrogens with two attached hydrogens (primary N) is 1. The Morgan fingerprint density at radius 1 is 1.44 bits per heavy atom. The largest absolute Gasteiger partial charge is 0.486 e. The Hall–Kier alpha value is -1.49. The first-order valence-corrected chi connectivity index (χ1v) is 5.61. The molecule has 5 heteroatoms. The molecule has 2 N–H and O–H groups in total. The number of nitrogens with zero attached hydrogens (tertiary/aromatic N) is 2. The zero-order chi connectivity index (χ0) is 11.5. The number of rotatable bonds is 3. The monoisotopic (exact) mass is 281 g/mol. The van der Waals surface area contributed by atoms with Crippen molar-refractivity contribution in [1.82, 2.24) is 9.55 Å². The van der Waals surface area contributed by atoms with E-state index in [1.165, 1.54) is 0 Å². The second kappa shape index (κ2) is 4.57. The van der Waals surface area contributed by atoms with E-state index >= 15 is 0 Å². The van der Waals surface area contributed by atoms with Gasteiger partial charge in [-0.3, -0.25) is 0 Å². The van der Waals surface area contributed by atoms with Crippen molar-refractivity contribution in [3.8, 4) is 5.75 Å². The molecule has 1 aromatic carbocycles. The number of ether oxygens (including phenoxy) is 1. The molecule has 0 aliphatic carbocycles. The lowest BCUT2D eigenvalue weighted by atomic mass is 10.3. The third-order valence-electron chi connectivity index (χ3n) is 2.33. The predicted molar refractivity (Wildman–Crippen MR) is 66.1 cm³/mol. The number of imidazole rings is 1. The van der Waals surface area contributed by atoms with E-state index in [1.54, 1.807) is 10.8 Å². The quantitative estimate of drug-likeness (QED) is 0.940. The van der Waals surface area contributed by atoms with Gasteiger partial charge in [-0.05, 0) is 28.1 Å². The van der Waals surface area contributed by atoms with Crippen LogP contribution in [0, 0.1) is 0 Å². The number of halogens is 1. The molecule has 0 amide bonds. The van der Waals surface area contributed by atoms with Crippen LogP contribution in [0.2, 0.25) is 0 Å². The first kappa shape index (κ1) is 11.0. The smallest absolute Gasteiger partial charge is 0.200 e. The molecule has 0 atom stereocenters. The molecule has 4 nitrogen and oxygen atoms in total. The molecule has 0 radical (unpaired) electrons. The number of nitrogen functional groups attached to an aromatic ring is 1. The lowest BCUT2D eigenvalue weighted by Crippen LogP contribution is -2.04. The molecule has 84 valence electrons. The normalized spacial score (nSPS) is 10.4. The SMILES string of the molecule is Cn1c(COc2ccccc2Br)cnc1N. The first-order valence-electron chi connectivity index (χ1n) is 4.82. The summed E-state index contributed by atoms with van der Waals surface area (Å²) in [6, 6.07) is 7.72. The standard InChI is InChI=1S/C11H12BrN3O/c1-15-8(6-14-11(15)13)7-16-10-5-3-2-4-9(10)12/h2-6H,7H2,1H3,(H2,13,14). The van der Waals surface area contributed by atoms with Crippen LogP contribution >= 0.6 is 15.9 Å². The fourth-order valence-corrected chi connectivity index (χ4v) is 1.71. The summed E-state index contributed by atoms with van der Waals surface area (Å²) in [5.41, 5.74) is 6.56. The molecule has 1 aromatic heterocycles. The summed E-state index contributed by atoms with van der Waals surface area (Å²) in [6.07, 6.45) is 1.71. The van der Waals surface area contributed by atoms with Gasteiger partial charge in [0.25, 0.3) is 0 Å². The van der Waals surface area contributed by atoms with Crippen LogP contribution in [0.3, 0.4) is 0 Å². The summed E-state index contributed by atoms with van der Waals surface area (Å²) in [6.45, 7) is 0.448. The van der Waals surface area contributed by atoms with Crippen LogP contribution in [-0.2, 0) is 13.7 Å². The molecule has 0 aliphatic rings. The molecule has 0 fully saturated rings. The number of hydrogen-bond acceptors (Lipinski definition) is 3.